The first-order valence-corrected chi connectivity index (χ1v) is 6.64. The van der Waals surface area contributed by atoms with E-state index in [2.05, 4.69) is 0 Å². The Kier molecular flexibility index (Phi) is 3.70. The zero-order chi connectivity index (χ0) is 11.5. The molecule has 0 N–H and O–H groups in total. The van der Waals surface area contributed by atoms with Crippen LogP contribution in [0.25, 0.3) is 0 Å². The topological polar surface area (TPSA) is 43.9 Å². The van der Waals surface area contributed by atoms with Gasteiger partial charge in [0, 0.05) is 25.4 Å². The van der Waals surface area contributed by atoms with Gasteiger partial charge in [0.15, 0.2) is 0 Å². The van der Waals surface area contributed by atoms with Gasteiger partial charge in [-0.3, -0.25) is 14.5 Å². The van der Waals surface area contributed by atoms with Crippen molar-refractivity contribution in [1.82, 2.24) is 14.7 Å². The van der Waals surface area contributed by atoms with Gasteiger partial charge in [0.05, 0.1) is 19.0 Å². The maximum absolute atomic E-state index is 11.8. The quantitative estimate of drug-likeness (QED) is 0.643. The lowest BCUT2D eigenvalue weighted by Crippen LogP contribution is -2.52. The van der Waals surface area contributed by atoms with Crippen molar-refractivity contribution in [2.75, 3.05) is 51.4 Å². The van der Waals surface area contributed by atoms with Gasteiger partial charge in [-0.05, 0) is 7.05 Å². The highest BCUT2D eigenvalue weighted by atomic mass is 32.2. The van der Waals surface area contributed by atoms with Gasteiger partial charge in [-0.25, -0.2) is 0 Å². The fourth-order valence-electron chi connectivity index (χ4n) is 1.87. The molecule has 2 aliphatic heterocycles. The summed E-state index contributed by atoms with van der Waals surface area (Å²) in [4.78, 5) is 29.0. The highest BCUT2D eigenvalue weighted by Gasteiger charge is 2.26. The molecule has 0 aromatic rings. The van der Waals surface area contributed by atoms with Crippen molar-refractivity contribution in [3.05, 3.63) is 0 Å². The van der Waals surface area contributed by atoms with Crippen molar-refractivity contribution in [2.24, 2.45) is 0 Å². The van der Waals surface area contributed by atoms with Crippen LogP contribution in [0.15, 0.2) is 0 Å². The number of amides is 2. The highest BCUT2D eigenvalue weighted by Crippen LogP contribution is 2.13. The lowest BCUT2D eigenvalue weighted by atomic mass is 10.3. The van der Waals surface area contributed by atoms with Crippen LogP contribution in [0.5, 0.6) is 0 Å². The number of piperazine rings is 1. The minimum absolute atomic E-state index is 0.0638. The van der Waals surface area contributed by atoms with E-state index in [4.69, 9.17) is 0 Å². The second-order valence-electron chi connectivity index (χ2n) is 4.25. The summed E-state index contributed by atoms with van der Waals surface area (Å²) in [7, 11) is 1.92. The first-order chi connectivity index (χ1) is 7.66. The van der Waals surface area contributed by atoms with E-state index in [-0.39, 0.29) is 18.4 Å². The zero-order valence-electron chi connectivity index (χ0n) is 9.52. The summed E-state index contributed by atoms with van der Waals surface area (Å²) in [5.41, 5.74) is 0. The van der Waals surface area contributed by atoms with Crippen LogP contribution in [0.2, 0.25) is 0 Å². The summed E-state index contributed by atoms with van der Waals surface area (Å²) in [5.74, 6) is 1.94. The molecule has 0 bridgehead atoms. The smallest absolute Gasteiger partial charge is 0.242 e. The molecule has 2 fully saturated rings. The number of hydrogen-bond donors (Lipinski definition) is 0. The Balaban J connectivity index is 1.84. The number of carbonyl (C=O) groups is 2. The van der Waals surface area contributed by atoms with Gasteiger partial charge in [0.25, 0.3) is 0 Å². The third kappa shape index (κ3) is 2.68. The lowest BCUT2D eigenvalue weighted by Gasteiger charge is -2.32. The third-order valence-electron chi connectivity index (χ3n) is 2.94. The first-order valence-electron chi connectivity index (χ1n) is 5.48. The lowest BCUT2D eigenvalue weighted by molar-refractivity contribution is -0.142. The van der Waals surface area contributed by atoms with E-state index in [1.165, 1.54) is 0 Å². The predicted octanol–water partition coefficient (Wildman–Crippen LogP) is -0.707. The van der Waals surface area contributed by atoms with Gasteiger partial charge in [-0.2, -0.15) is 0 Å². The largest absolute Gasteiger partial charge is 0.331 e. The number of hydrogen-bond acceptors (Lipinski definition) is 4. The standard InChI is InChI=1S/C10H17N3O2S/c1-11-2-3-12(9(14)6-11)7-10(15)13-4-5-16-8-13/h2-8H2,1H3. The molecule has 0 aliphatic carbocycles. The Bertz CT molecular complexity index is 292. The van der Waals surface area contributed by atoms with E-state index < -0.39 is 0 Å². The second kappa shape index (κ2) is 5.05. The molecule has 0 spiro atoms. The monoisotopic (exact) mass is 243 g/mol. The molecular weight excluding hydrogens is 226 g/mol. The Morgan fingerprint density at radius 2 is 2.19 bits per heavy atom. The Morgan fingerprint density at radius 1 is 1.38 bits per heavy atom. The molecule has 2 saturated heterocycles. The van der Waals surface area contributed by atoms with Crippen LogP contribution in [-0.4, -0.2) is 77.9 Å². The van der Waals surface area contributed by atoms with Gasteiger partial charge in [0.1, 0.15) is 0 Å². The maximum atomic E-state index is 11.8. The van der Waals surface area contributed by atoms with Gasteiger partial charge < -0.3 is 9.80 Å². The summed E-state index contributed by atoms with van der Waals surface area (Å²) >= 11 is 1.77. The van der Waals surface area contributed by atoms with Crippen molar-refractivity contribution < 1.29 is 9.59 Å². The van der Waals surface area contributed by atoms with E-state index in [0.29, 0.717) is 13.1 Å². The van der Waals surface area contributed by atoms with Crippen LogP contribution in [0.3, 0.4) is 0 Å². The molecule has 0 unspecified atom stereocenters. The molecule has 16 heavy (non-hydrogen) atoms. The molecule has 90 valence electrons. The van der Waals surface area contributed by atoms with Gasteiger partial charge in [-0.1, -0.05) is 0 Å². The van der Waals surface area contributed by atoms with Crippen LogP contribution in [0.1, 0.15) is 0 Å². The van der Waals surface area contributed by atoms with Crippen molar-refractivity contribution in [2.45, 2.75) is 0 Å². The molecule has 0 radical (unpaired) electrons. The maximum Gasteiger partial charge on any atom is 0.242 e. The minimum atomic E-state index is 0.0638. The molecular formula is C10H17N3O2S. The normalized spacial score (nSPS) is 22.9. The molecule has 0 atom stereocenters. The fourth-order valence-corrected chi connectivity index (χ4v) is 2.84. The van der Waals surface area contributed by atoms with Crippen LogP contribution in [0.4, 0.5) is 0 Å². The number of carbonyl (C=O) groups excluding carboxylic acids is 2. The zero-order valence-corrected chi connectivity index (χ0v) is 10.3. The van der Waals surface area contributed by atoms with E-state index in [0.717, 1.165) is 24.7 Å². The highest BCUT2D eigenvalue weighted by molar-refractivity contribution is 7.99. The number of likely N-dealkylation sites (N-methyl/N-ethyl adjacent to an activating group) is 1. The molecule has 2 aliphatic rings. The van der Waals surface area contributed by atoms with Crippen molar-refractivity contribution in [3.8, 4) is 0 Å². The molecule has 5 nitrogen and oxygen atoms in total. The molecule has 2 rings (SSSR count). The van der Waals surface area contributed by atoms with Crippen molar-refractivity contribution >= 4 is 23.6 Å². The first kappa shape index (κ1) is 11.7. The van der Waals surface area contributed by atoms with E-state index >= 15 is 0 Å². The average Bonchev–Trinajstić information content (AvgIpc) is 2.75. The molecule has 0 saturated carbocycles. The summed E-state index contributed by atoms with van der Waals surface area (Å²) in [6, 6.07) is 0. The Morgan fingerprint density at radius 3 is 2.81 bits per heavy atom. The summed E-state index contributed by atoms with van der Waals surface area (Å²) in [5, 5.41) is 0. The van der Waals surface area contributed by atoms with Crippen LogP contribution in [0, 0.1) is 0 Å². The Labute approximate surface area is 99.7 Å². The van der Waals surface area contributed by atoms with Gasteiger partial charge >= 0.3 is 0 Å². The van der Waals surface area contributed by atoms with Crippen LogP contribution in [-0.2, 0) is 9.59 Å². The van der Waals surface area contributed by atoms with E-state index in [1.807, 2.05) is 16.8 Å². The van der Waals surface area contributed by atoms with E-state index in [9.17, 15) is 9.59 Å². The molecule has 0 aromatic carbocycles. The second-order valence-corrected chi connectivity index (χ2v) is 5.32. The number of thioether (sulfide) groups is 1. The van der Waals surface area contributed by atoms with E-state index in [1.54, 1.807) is 16.7 Å². The molecule has 2 amide bonds. The fraction of sp³-hybridized carbons (Fsp3) is 0.800. The molecule has 0 aromatic heterocycles. The molecule has 2 heterocycles. The van der Waals surface area contributed by atoms with Crippen molar-refractivity contribution in [3.63, 3.8) is 0 Å². The predicted molar refractivity (Wildman–Crippen MR) is 63.1 cm³/mol. The molecule has 6 heteroatoms. The summed E-state index contributed by atoms with van der Waals surface area (Å²) in [6.45, 7) is 3.04. The minimum Gasteiger partial charge on any atom is -0.331 e. The number of nitrogens with zero attached hydrogens (tertiary/aromatic N) is 3. The SMILES string of the molecule is CN1CCN(CC(=O)N2CCSC2)C(=O)C1. The van der Waals surface area contributed by atoms with Crippen LogP contribution < -0.4 is 0 Å². The van der Waals surface area contributed by atoms with Crippen molar-refractivity contribution in [1.29, 1.82) is 0 Å². The summed E-state index contributed by atoms with van der Waals surface area (Å²) in [6.07, 6.45) is 0. The Hall–Kier alpha value is -0.750. The van der Waals surface area contributed by atoms with Gasteiger partial charge in [-0.15, -0.1) is 11.8 Å². The summed E-state index contributed by atoms with van der Waals surface area (Å²) < 4.78 is 0. The third-order valence-corrected chi connectivity index (χ3v) is 3.91. The average molecular weight is 243 g/mol. The van der Waals surface area contributed by atoms with Gasteiger partial charge in [0.2, 0.25) is 11.8 Å². The van der Waals surface area contributed by atoms with Crippen LogP contribution >= 0.6 is 11.8 Å². The number of rotatable bonds is 2.